The second-order valence-electron chi connectivity index (χ2n) is 4.18. The quantitative estimate of drug-likeness (QED) is 0.860. The Hall–Kier alpha value is -2.32. The highest BCUT2D eigenvalue weighted by Gasteiger charge is 2.02. The smallest absolute Gasteiger partial charge is 0.128 e. The Morgan fingerprint density at radius 3 is 2.95 bits per heavy atom. The van der Waals surface area contributed by atoms with Gasteiger partial charge in [0.2, 0.25) is 0 Å². The van der Waals surface area contributed by atoms with E-state index in [0.29, 0.717) is 24.3 Å². The van der Waals surface area contributed by atoms with Gasteiger partial charge in [-0.25, -0.2) is 4.39 Å². The van der Waals surface area contributed by atoms with Gasteiger partial charge < -0.3 is 9.84 Å². The van der Waals surface area contributed by atoms with Crippen LogP contribution >= 0.6 is 0 Å². The Bertz CT molecular complexity index is 641. The van der Waals surface area contributed by atoms with E-state index >= 15 is 0 Å². The summed E-state index contributed by atoms with van der Waals surface area (Å²) in [4.78, 5) is 0. The number of aromatic nitrogens is 2. The van der Waals surface area contributed by atoms with Gasteiger partial charge in [-0.3, -0.25) is 4.68 Å². The molecular weight excluding hydrogens is 259 g/mol. The van der Waals surface area contributed by atoms with Gasteiger partial charge in [-0.2, -0.15) is 5.10 Å². The third kappa shape index (κ3) is 3.84. The van der Waals surface area contributed by atoms with Crippen molar-refractivity contribution in [2.45, 2.75) is 6.42 Å². The number of aryl methyl sites for hydroxylation is 1. The second kappa shape index (κ2) is 6.73. The molecule has 5 heteroatoms. The molecule has 1 aromatic carbocycles. The van der Waals surface area contributed by atoms with E-state index in [1.165, 1.54) is 12.1 Å². The standard InChI is InChI=1S/C15H15FN2O2/c1-18-14(4-6-17-18)5-8-20-15-10-12(3-2-7-19)9-13(16)11-15/h4,6,9-11,19H,5,7-8H2,1H3. The molecule has 0 aliphatic carbocycles. The van der Waals surface area contributed by atoms with Gasteiger partial charge in [-0.05, 0) is 18.2 Å². The number of halogens is 1. The Morgan fingerprint density at radius 2 is 2.25 bits per heavy atom. The van der Waals surface area contributed by atoms with E-state index in [9.17, 15) is 4.39 Å². The van der Waals surface area contributed by atoms with Crippen LogP contribution in [-0.4, -0.2) is 28.1 Å². The number of hydrogen-bond acceptors (Lipinski definition) is 3. The van der Waals surface area contributed by atoms with Crippen LogP contribution in [0.3, 0.4) is 0 Å². The van der Waals surface area contributed by atoms with Crippen LogP contribution in [0.15, 0.2) is 30.5 Å². The molecule has 0 fully saturated rings. The van der Waals surface area contributed by atoms with Gasteiger partial charge in [0, 0.05) is 37.0 Å². The number of nitrogens with zero attached hydrogens (tertiary/aromatic N) is 2. The maximum atomic E-state index is 13.4. The van der Waals surface area contributed by atoms with Crippen molar-refractivity contribution in [3.05, 3.63) is 47.5 Å². The highest BCUT2D eigenvalue weighted by molar-refractivity contribution is 5.40. The van der Waals surface area contributed by atoms with Crippen molar-refractivity contribution in [3.63, 3.8) is 0 Å². The molecule has 0 radical (unpaired) electrons. The lowest BCUT2D eigenvalue weighted by Gasteiger charge is -2.07. The molecule has 1 heterocycles. The minimum atomic E-state index is -0.412. The minimum absolute atomic E-state index is 0.257. The molecule has 0 aliphatic heterocycles. The fourth-order valence-electron chi connectivity index (χ4n) is 1.78. The average molecular weight is 274 g/mol. The van der Waals surface area contributed by atoms with E-state index in [1.54, 1.807) is 16.9 Å². The molecule has 4 nitrogen and oxygen atoms in total. The number of aliphatic hydroxyl groups is 1. The van der Waals surface area contributed by atoms with Gasteiger partial charge in [0.15, 0.2) is 0 Å². The normalized spacial score (nSPS) is 9.95. The summed E-state index contributed by atoms with van der Waals surface area (Å²) in [5, 5.41) is 12.7. The molecule has 104 valence electrons. The summed E-state index contributed by atoms with van der Waals surface area (Å²) >= 11 is 0. The zero-order valence-corrected chi connectivity index (χ0v) is 11.1. The summed E-state index contributed by atoms with van der Waals surface area (Å²) in [5.41, 5.74) is 1.52. The van der Waals surface area contributed by atoms with Crippen LogP contribution in [0.25, 0.3) is 0 Å². The second-order valence-corrected chi connectivity index (χ2v) is 4.18. The summed E-state index contributed by atoms with van der Waals surface area (Å²) < 4.78 is 20.7. The van der Waals surface area contributed by atoms with Crippen LogP contribution < -0.4 is 4.74 Å². The van der Waals surface area contributed by atoms with Gasteiger partial charge in [-0.15, -0.1) is 0 Å². The molecule has 2 rings (SSSR count). The molecule has 0 bridgehead atoms. The lowest BCUT2D eigenvalue weighted by Crippen LogP contribution is -2.06. The van der Waals surface area contributed by atoms with Crippen LogP contribution in [0.5, 0.6) is 5.75 Å². The van der Waals surface area contributed by atoms with Crippen LogP contribution in [0.4, 0.5) is 4.39 Å². The molecule has 0 saturated heterocycles. The fourth-order valence-corrected chi connectivity index (χ4v) is 1.78. The van der Waals surface area contributed by atoms with E-state index < -0.39 is 5.82 Å². The summed E-state index contributed by atoms with van der Waals surface area (Å²) in [5.74, 6) is 5.14. The number of rotatable bonds is 4. The van der Waals surface area contributed by atoms with E-state index in [2.05, 4.69) is 16.9 Å². The van der Waals surface area contributed by atoms with E-state index in [1.807, 2.05) is 13.1 Å². The van der Waals surface area contributed by atoms with E-state index in [0.717, 1.165) is 5.69 Å². The Labute approximate surface area is 116 Å². The van der Waals surface area contributed by atoms with E-state index in [4.69, 9.17) is 9.84 Å². The Balaban J connectivity index is 1.99. The Morgan fingerprint density at radius 1 is 1.40 bits per heavy atom. The summed E-state index contributed by atoms with van der Waals surface area (Å²) in [6.07, 6.45) is 2.41. The van der Waals surface area contributed by atoms with E-state index in [-0.39, 0.29) is 6.61 Å². The predicted molar refractivity (Wildman–Crippen MR) is 72.8 cm³/mol. The molecule has 0 spiro atoms. The molecular formula is C15H15FN2O2. The third-order valence-electron chi connectivity index (χ3n) is 2.73. The maximum Gasteiger partial charge on any atom is 0.128 e. The fraction of sp³-hybridized carbons (Fsp3) is 0.267. The predicted octanol–water partition coefficient (Wildman–Crippen LogP) is 1.52. The lowest BCUT2D eigenvalue weighted by atomic mass is 10.2. The van der Waals surface area contributed by atoms with Gasteiger partial charge in [-0.1, -0.05) is 11.8 Å². The first-order valence-electron chi connectivity index (χ1n) is 6.19. The van der Waals surface area contributed by atoms with Crippen molar-refractivity contribution >= 4 is 0 Å². The SMILES string of the molecule is Cn1nccc1CCOc1cc(F)cc(C#CCO)c1. The molecule has 0 atom stereocenters. The van der Waals surface area contributed by atoms with Crippen molar-refractivity contribution in [2.24, 2.45) is 7.05 Å². The summed E-state index contributed by atoms with van der Waals surface area (Å²) in [6.45, 7) is 0.170. The largest absolute Gasteiger partial charge is 0.493 e. The minimum Gasteiger partial charge on any atom is -0.493 e. The van der Waals surface area contributed by atoms with Gasteiger partial charge in [0.05, 0.1) is 6.61 Å². The lowest BCUT2D eigenvalue weighted by molar-refractivity contribution is 0.316. The van der Waals surface area contributed by atoms with Crippen LogP contribution in [0, 0.1) is 17.7 Å². The van der Waals surface area contributed by atoms with Gasteiger partial charge >= 0.3 is 0 Å². The number of hydrogen-bond donors (Lipinski definition) is 1. The molecule has 0 saturated carbocycles. The Kier molecular flexibility index (Phi) is 4.75. The van der Waals surface area contributed by atoms with Crippen LogP contribution in [0.1, 0.15) is 11.3 Å². The number of aliphatic hydroxyl groups excluding tert-OH is 1. The van der Waals surface area contributed by atoms with Crippen molar-refractivity contribution < 1.29 is 14.2 Å². The molecule has 2 aromatic rings. The highest BCUT2D eigenvalue weighted by Crippen LogP contribution is 2.16. The number of benzene rings is 1. The molecule has 1 aromatic heterocycles. The molecule has 0 unspecified atom stereocenters. The van der Waals surface area contributed by atoms with Crippen LogP contribution in [0.2, 0.25) is 0 Å². The summed E-state index contributed by atoms with van der Waals surface area (Å²) in [6, 6.07) is 6.17. The molecule has 1 N–H and O–H groups in total. The molecule has 0 aliphatic rings. The number of ether oxygens (including phenoxy) is 1. The highest BCUT2D eigenvalue weighted by atomic mass is 19.1. The maximum absolute atomic E-state index is 13.4. The third-order valence-corrected chi connectivity index (χ3v) is 2.73. The first-order valence-corrected chi connectivity index (χ1v) is 6.19. The molecule has 0 amide bonds. The van der Waals surface area contributed by atoms with Gasteiger partial charge in [0.1, 0.15) is 18.2 Å². The average Bonchev–Trinajstić information content (AvgIpc) is 2.82. The van der Waals surface area contributed by atoms with Crippen molar-refractivity contribution in [2.75, 3.05) is 13.2 Å². The van der Waals surface area contributed by atoms with Crippen LogP contribution in [-0.2, 0) is 13.5 Å². The zero-order chi connectivity index (χ0) is 14.4. The zero-order valence-electron chi connectivity index (χ0n) is 11.1. The van der Waals surface area contributed by atoms with Crippen molar-refractivity contribution in [1.29, 1.82) is 0 Å². The van der Waals surface area contributed by atoms with Crippen molar-refractivity contribution in [1.82, 2.24) is 9.78 Å². The monoisotopic (exact) mass is 274 g/mol. The van der Waals surface area contributed by atoms with Crippen molar-refractivity contribution in [3.8, 4) is 17.6 Å². The van der Waals surface area contributed by atoms with Gasteiger partial charge in [0.25, 0.3) is 0 Å². The topological polar surface area (TPSA) is 47.3 Å². The molecule has 20 heavy (non-hydrogen) atoms. The first-order chi connectivity index (χ1) is 9.69. The summed E-state index contributed by atoms with van der Waals surface area (Å²) in [7, 11) is 1.86. The first kappa shape index (κ1) is 14.1.